The average molecular weight is 264 g/mol. The van der Waals surface area contributed by atoms with E-state index in [1.807, 2.05) is 11.8 Å². The van der Waals surface area contributed by atoms with E-state index < -0.39 is 0 Å². The maximum atomic E-state index is 3.59. The number of rotatable bonds is 7. The highest BCUT2D eigenvalue weighted by Gasteiger charge is 2.21. The van der Waals surface area contributed by atoms with Crippen LogP contribution in [0, 0.1) is 0 Å². The summed E-state index contributed by atoms with van der Waals surface area (Å²) in [6.07, 6.45) is 1.21. The highest BCUT2D eigenvalue weighted by Crippen LogP contribution is 2.38. The van der Waals surface area contributed by atoms with E-state index in [1.54, 1.807) is 0 Å². The van der Waals surface area contributed by atoms with Crippen LogP contribution in [-0.4, -0.2) is 31.4 Å². The lowest BCUT2D eigenvalue weighted by atomic mass is 10.0. The molecular weight excluding hydrogens is 240 g/mol. The van der Waals surface area contributed by atoms with Crippen LogP contribution < -0.4 is 10.6 Å². The molecule has 0 bridgehead atoms. The second kappa shape index (κ2) is 7.17. The summed E-state index contributed by atoms with van der Waals surface area (Å²) in [6, 6.07) is 9.42. The van der Waals surface area contributed by atoms with Crippen LogP contribution >= 0.6 is 11.8 Å². The monoisotopic (exact) mass is 264 g/mol. The fourth-order valence-electron chi connectivity index (χ4n) is 2.28. The molecule has 0 aromatic heterocycles. The molecule has 1 atom stereocenters. The van der Waals surface area contributed by atoms with Crippen molar-refractivity contribution in [3.8, 4) is 0 Å². The minimum absolute atomic E-state index is 0.600. The molecule has 2 N–H and O–H groups in total. The van der Waals surface area contributed by atoms with E-state index in [0.29, 0.717) is 12.0 Å². The minimum Gasteiger partial charge on any atom is -0.316 e. The van der Waals surface area contributed by atoms with Crippen LogP contribution in [0.5, 0.6) is 0 Å². The molecule has 0 amide bonds. The number of benzene rings is 1. The van der Waals surface area contributed by atoms with Crippen molar-refractivity contribution < 1.29 is 0 Å². The third-order valence-electron chi connectivity index (χ3n) is 3.27. The molecule has 0 radical (unpaired) electrons. The summed E-state index contributed by atoms with van der Waals surface area (Å²) in [5.74, 6) is 1.93. The molecule has 2 rings (SSSR count). The number of thioether (sulfide) groups is 1. The maximum Gasteiger partial charge on any atom is 0.0108 e. The number of hydrogen-bond acceptors (Lipinski definition) is 3. The molecule has 0 saturated heterocycles. The van der Waals surface area contributed by atoms with E-state index in [2.05, 4.69) is 48.7 Å². The lowest BCUT2D eigenvalue weighted by Gasteiger charge is -2.12. The van der Waals surface area contributed by atoms with Crippen LogP contribution in [0.15, 0.2) is 29.2 Å². The summed E-state index contributed by atoms with van der Waals surface area (Å²) in [5, 5.41) is 7.03. The van der Waals surface area contributed by atoms with Crippen molar-refractivity contribution in [3.05, 3.63) is 29.8 Å². The van der Waals surface area contributed by atoms with Gasteiger partial charge < -0.3 is 10.6 Å². The highest BCUT2D eigenvalue weighted by molar-refractivity contribution is 7.99. The summed E-state index contributed by atoms with van der Waals surface area (Å²) in [6.45, 7) is 7.73. The van der Waals surface area contributed by atoms with Crippen LogP contribution in [-0.2, 0) is 0 Å². The fourth-order valence-corrected chi connectivity index (χ4v) is 3.53. The molecule has 1 heterocycles. The smallest absolute Gasteiger partial charge is 0.0108 e. The molecule has 0 fully saturated rings. The quantitative estimate of drug-likeness (QED) is 0.741. The summed E-state index contributed by atoms with van der Waals surface area (Å²) in [4.78, 5) is 1.48. The number of nitrogens with one attached hydrogen (secondary N) is 2. The van der Waals surface area contributed by atoms with E-state index in [1.165, 1.54) is 22.6 Å². The third-order valence-corrected chi connectivity index (χ3v) is 4.52. The Morgan fingerprint density at radius 3 is 2.94 bits per heavy atom. The Morgan fingerprint density at radius 1 is 1.28 bits per heavy atom. The molecule has 1 aliphatic heterocycles. The van der Waals surface area contributed by atoms with Crippen molar-refractivity contribution in [2.75, 3.05) is 25.4 Å². The largest absolute Gasteiger partial charge is 0.316 e. The van der Waals surface area contributed by atoms with Crippen molar-refractivity contribution >= 4 is 11.8 Å². The van der Waals surface area contributed by atoms with Gasteiger partial charge in [-0.15, -0.1) is 11.8 Å². The van der Waals surface area contributed by atoms with Crippen molar-refractivity contribution in [1.82, 2.24) is 10.6 Å². The van der Waals surface area contributed by atoms with Gasteiger partial charge >= 0.3 is 0 Å². The van der Waals surface area contributed by atoms with Gasteiger partial charge in [-0.1, -0.05) is 32.0 Å². The standard InChI is InChI=1S/C15H24N2S/c1-12(2)17-9-5-8-16-10-13-11-18-15-7-4-3-6-14(13)15/h3-4,6-7,12-13,16-17H,5,8-11H2,1-2H3. The van der Waals surface area contributed by atoms with E-state index >= 15 is 0 Å². The molecule has 0 spiro atoms. The second-order valence-corrected chi connectivity index (χ2v) is 6.27. The molecule has 1 aromatic rings. The molecule has 1 aliphatic rings. The zero-order valence-electron chi connectivity index (χ0n) is 11.4. The van der Waals surface area contributed by atoms with Crippen LogP contribution in [0.4, 0.5) is 0 Å². The number of fused-ring (bicyclic) bond motifs is 1. The molecule has 3 heteroatoms. The van der Waals surface area contributed by atoms with Crippen LogP contribution in [0.3, 0.4) is 0 Å². The molecular formula is C15H24N2S. The summed E-state index contributed by atoms with van der Waals surface area (Å²) < 4.78 is 0. The first kappa shape index (κ1) is 13.9. The van der Waals surface area contributed by atoms with Gasteiger partial charge in [0, 0.05) is 29.2 Å². The zero-order valence-corrected chi connectivity index (χ0v) is 12.2. The topological polar surface area (TPSA) is 24.1 Å². The van der Waals surface area contributed by atoms with Gasteiger partial charge in [-0.25, -0.2) is 0 Å². The Hall–Kier alpha value is -0.510. The molecule has 1 unspecified atom stereocenters. The zero-order chi connectivity index (χ0) is 12.8. The van der Waals surface area contributed by atoms with Crippen LogP contribution in [0.1, 0.15) is 31.7 Å². The first-order valence-corrected chi connectivity index (χ1v) is 7.91. The summed E-state index contributed by atoms with van der Waals surface area (Å²) >= 11 is 2.00. The van der Waals surface area contributed by atoms with Crippen molar-refractivity contribution in [3.63, 3.8) is 0 Å². The fraction of sp³-hybridized carbons (Fsp3) is 0.600. The van der Waals surface area contributed by atoms with E-state index in [-0.39, 0.29) is 0 Å². The Bertz CT molecular complexity index is 365. The normalized spacial score (nSPS) is 18.3. The molecule has 0 aliphatic carbocycles. The Kier molecular flexibility index (Phi) is 5.54. The van der Waals surface area contributed by atoms with Gasteiger partial charge in [0.15, 0.2) is 0 Å². The summed E-state index contributed by atoms with van der Waals surface area (Å²) in [7, 11) is 0. The lowest BCUT2D eigenvalue weighted by molar-refractivity contribution is 0.538. The Morgan fingerprint density at radius 2 is 2.11 bits per heavy atom. The first-order valence-electron chi connectivity index (χ1n) is 6.93. The van der Waals surface area contributed by atoms with Gasteiger partial charge in [-0.3, -0.25) is 0 Å². The molecule has 1 aromatic carbocycles. The Balaban J connectivity index is 1.64. The molecule has 0 saturated carbocycles. The van der Waals surface area contributed by atoms with Crippen molar-refractivity contribution in [2.24, 2.45) is 0 Å². The predicted octanol–water partition coefficient (Wildman–Crippen LogP) is 2.85. The number of hydrogen-bond donors (Lipinski definition) is 2. The average Bonchev–Trinajstić information content (AvgIpc) is 2.77. The van der Waals surface area contributed by atoms with Gasteiger partial charge in [0.2, 0.25) is 0 Å². The van der Waals surface area contributed by atoms with Crippen LogP contribution in [0.25, 0.3) is 0 Å². The lowest BCUT2D eigenvalue weighted by Crippen LogP contribution is -2.28. The van der Waals surface area contributed by atoms with E-state index in [4.69, 9.17) is 0 Å². The molecule has 100 valence electrons. The van der Waals surface area contributed by atoms with Gasteiger partial charge in [0.25, 0.3) is 0 Å². The van der Waals surface area contributed by atoms with Gasteiger partial charge in [-0.2, -0.15) is 0 Å². The SMILES string of the molecule is CC(C)NCCCNCC1CSc2ccccc21. The van der Waals surface area contributed by atoms with Crippen molar-refractivity contribution in [1.29, 1.82) is 0 Å². The Labute approximate surface area is 115 Å². The summed E-state index contributed by atoms with van der Waals surface area (Å²) in [5.41, 5.74) is 1.54. The highest BCUT2D eigenvalue weighted by atomic mass is 32.2. The van der Waals surface area contributed by atoms with Crippen LogP contribution in [0.2, 0.25) is 0 Å². The van der Waals surface area contributed by atoms with E-state index in [9.17, 15) is 0 Å². The third kappa shape index (κ3) is 4.01. The van der Waals surface area contributed by atoms with E-state index in [0.717, 1.165) is 19.6 Å². The maximum absolute atomic E-state index is 3.59. The molecule has 18 heavy (non-hydrogen) atoms. The minimum atomic E-state index is 0.600. The molecule has 2 nitrogen and oxygen atoms in total. The van der Waals surface area contributed by atoms with Gasteiger partial charge in [-0.05, 0) is 31.1 Å². The predicted molar refractivity (Wildman–Crippen MR) is 80.5 cm³/mol. The second-order valence-electron chi connectivity index (χ2n) is 5.21. The van der Waals surface area contributed by atoms with Gasteiger partial charge in [0.1, 0.15) is 0 Å². The van der Waals surface area contributed by atoms with Crippen molar-refractivity contribution in [2.45, 2.75) is 37.1 Å². The first-order chi connectivity index (χ1) is 8.77. The van der Waals surface area contributed by atoms with Gasteiger partial charge in [0.05, 0.1) is 0 Å².